The number of alkyl halides is 3. The van der Waals surface area contributed by atoms with Gasteiger partial charge < -0.3 is 0 Å². The van der Waals surface area contributed by atoms with Crippen molar-refractivity contribution < 1.29 is 8.78 Å². The monoisotopic (exact) mass is 236 g/mol. The van der Waals surface area contributed by atoms with Gasteiger partial charge in [0.05, 0.1) is 16.5 Å². The Kier molecular flexibility index (Phi) is 3.62. The lowest BCUT2D eigenvalue weighted by Gasteiger charge is -2.06. The summed E-state index contributed by atoms with van der Waals surface area (Å²) in [5, 5.41) is 8.57. The quantitative estimate of drug-likeness (QED) is 0.740. The number of halogens is 4. The van der Waals surface area contributed by atoms with Crippen molar-refractivity contribution in [1.82, 2.24) is 4.98 Å². The van der Waals surface area contributed by atoms with E-state index in [-0.39, 0.29) is 16.5 Å². The molecule has 0 saturated heterocycles. The molecule has 0 bridgehead atoms. The molecule has 14 heavy (non-hydrogen) atoms. The smallest absolute Gasteiger partial charge is 0.253 e. The summed E-state index contributed by atoms with van der Waals surface area (Å²) in [7, 11) is 0. The van der Waals surface area contributed by atoms with E-state index in [0.717, 1.165) is 6.20 Å². The molecule has 0 unspecified atom stereocenters. The molecular formula is C8H4Cl2F2N2. The number of hydrogen-bond donors (Lipinski definition) is 0. The third kappa shape index (κ3) is 1.94. The largest absolute Gasteiger partial charge is 0.281 e. The van der Waals surface area contributed by atoms with Gasteiger partial charge in [-0.3, -0.25) is 4.98 Å². The number of pyridine rings is 1. The molecule has 0 spiro atoms. The second kappa shape index (κ2) is 4.54. The highest BCUT2D eigenvalue weighted by Gasteiger charge is 2.19. The number of hydrogen-bond acceptors (Lipinski definition) is 2. The molecule has 2 nitrogen and oxygen atoms in total. The van der Waals surface area contributed by atoms with Crippen molar-refractivity contribution in [2.45, 2.75) is 12.3 Å². The summed E-state index contributed by atoms with van der Waals surface area (Å²) >= 11 is 11.1. The average Bonchev–Trinajstić information content (AvgIpc) is 2.17. The van der Waals surface area contributed by atoms with Crippen LogP contribution in [0.15, 0.2) is 6.20 Å². The molecule has 0 saturated carbocycles. The van der Waals surface area contributed by atoms with E-state index in [1.165, 1.54) is 0 Å². The zero-order valence-electron chi connectivity index (χ0n) is 6.77. The van der Waals surface area contributed by atoms with Crippen LogP contribution in [0.5, 0.6) is 0 Å². The second-order valence-corrected chi connectivity index (χ2v) is 3.05. The van der Waals surface area contributed by atoms with Crippen LogP contribution in [-0.2, 0) is 5.88 Å². The Labute approximate surface area is 89.1 Å². The predicted molar refractivity (Wildman–Crippen MR) is 48.5 cm³/mol. The van der Waals surface area contributed by atoms with Gasteiger partial charge in [0.1, 0.15) is 11.8 Å². The van der Waals surface area contributed by atoms with Crippen LogP contribution in [-0.4, -0.2) is 4.98 Å². The lowest BCUT2D eigenvalue weighted by Crippen LogP contribution is -1.98. The molecule has 0 aromatic carbocycles. The van der Waals surface area contributed by atoms with Gasteiger partial charge in [0.15, 0.2) is 0 Å². The average molecular weight is 237 g/mol. The first-order valence-corrected chi connectivity index (χ1v) is 4.44. The normalized spacial score (nSPS) is 10.3. The molecule has 0 aliphatic rings. The molecule has 0 N–H and O–H groups in total. The summed E-state index contributed by atoms with van der Waals surface area (Å²) in [5.74, 6) is 0.0318. The maximum Gasteiger partial charge on any atom is 0.281 e. The minimum atomic E-state index is -2.81. The van der Waals surface area contributed by atoms with E-state index in [1.807, 2.05) is 0 Å². The third-order valence-corrected chi connectivity index (χ3v) is 2.30. The SMILES string of the molecule is N#Cc1c(C(F)F)ncc(CCl)c1Cl. The fourth-order valence-corrected chi connectivity index (χ4v) is 1.43. The van der Waals surface area contributed by atoms with Gasteiger partial charge in [-0.15, -0.1) is 11.6 Å². The van der Waals surface area contributed by atoms with Crippen molar-refractivity contribution in [3.8, 4) is 6.07 Å². The highest BCUT2D eigenvalue weighted by molar-refractivity contribution is 6.33. The van der Waals surface area contributed by atoms with Crippen LogP contribution in [0.1, 0.15) is 23.2 Å². The van der Waals surface area contributed by atoms with Crippen molar-refractivity contribution >= 4 is 23.2 Å². The number of nitrogens with zero attached hydrogens (tertiary/aromatic N) is 2. The van der Waals surface area contributed by atoms with Crippen LogP contribution < -0.4 is 0 Å². The number of nitriles is 1. The molecule has 0 aliphatic carbocycles. The van der Waals surface area contributed by atoms with Crippen molar-refractivity contribution in [3.05, 3.63) is 28.0 Å². The Bertz CT molecular complexity index is 388. The summed E-state index contributed by atoms with van der Waals surface area (Å²) in [6, 6.07) is 1.59. The van der Waals surface area contributed by atoms with Crippen LogP contribution in [0.4, 0.5) is 8.78 Å². The van der Waals surface area contributed by atoms with E-state index in [2.05, 4.69) is 4.98 Å². The van der Waals surface area contributed by atoms with E-state index < -0.39 is 12.1 Å². The molecule has 1 heterocycles. The standard InChI is InChI=1S/C8H4Cl2F2N2/c9-1-4-3-14-7(8(11)12)5(2-13)6(4)10/h3,8H,1H2. The fourth-order valence-electron chi connectivity index (χ4n) is 0.907. The molecule has 1 rings (SSSR count). The van der Waals surface area contributed by atoms with Gasteiger partial charge in [0.25, 0.3) is 6.43 Å². The van der Waals surface area contributed by atoms with Crippen LogP contribution in [0.3, 0.4) is 0 Å². The van der Waals surface area contributed by atoms with Gasteiger partial charge in [-0.25, -0.2) is 8.78 Å². The van der Waals surface area contributed by atoms with E-state index in [1.54, 1.807) is 6.07 Å². The first kappa shape index (κ1) is 11.2. The maximum absolute atomic E-state index is 12.3. The molecule has 0 fully saturated rings. The first-order valence-electron chi connectivity index (χ1n) is 3.53. The van der Waals surface area contributed by atoms with E-state index in [9.17, 15) is 8.78 Å². The van der Waals surface area contributed by atoms with Gasteiger partial charge >= 0.3 is 0 Å². The Morgan fingerprint density at radius 2 is 2.21 bits per heavy atom. The van der Waals surface area contributed by atoms with Gasteiger partial charge in [0, 0.05) is 11.8 Å². The molecule has 0 radical (unpaired) electrons. The van der Waals surface area contributed by atoms with E-state index in [0.29, 0.717) is 5.56 Å². The minimum Gasteiger partial charge on any atom is -0.253 e. The molecule has 1 aromatic heterocycles. The summed E-state index contributed by atoms with van der Waals surface area (Å²) in [6.45, 7) is 0. The van der Waals surface area contributed by atoms with Gasteiger partial charge in [-0.1, -0.05) is 11.6 Å². The van der Waals surface area contributed by atoms with Crippen molar-refractivity contribution in [2.75, 3.05) is 0 Å². The van der Waals surface area contributed by atoms with E-state index in [4.69, 9.17) is 28.5 Å². The Hall–Kier alpha value is -0.920. The number of rotatable bonds is 2. The van der Waals surface area contributed by atoms with Crippen molar-refractivity contribution in [2.24, 2.45) is 0 Å². The topological polar surface area (TPSA) is 36.7 Å². The Balaban J connectivity index is 3.38. The highest BCUT2D eigenvalue weighted by Crippen LogP contribution is 2.28. The lowest BCUT2D eigenvalue weighted by molar-refractivity contribution is 0.145. The minimum absolute atomic E-state index is 0.0318. The Morgan fingerprint density at radius 3 is 2.64 bits per heavy atom. The van der Waals surface area contributed by atoms with Crippen LogP contribution in [0, 0.1) is 11.3 Å². The molecule has 1 aromatic rings. The van der Waals surface area contributed by atoms with Crippen LogP contribution in [0.25, 0.3) is 0 Å². The van der Waals surface area contributed by atoms with Crippen LogP contribution in [0.2, 0.25) is 5.02 Å². The lowest BCUT2D eigenvalue weighted by atomic mass is 10.1. The molecule has 0 amide bonds. The van der Waals surface area contributed by atoms with Gasteiger partial charge in [-0.2, -0.15) is 5.26 Å². The second-order valence-electron chi connectivity index (χ2n) is 2.40. The Morgan fingerprint density at radius 1 is 1.57 bits per heavy atom. The predicted octanol–water partition coefficient (Wildman–Crippen LogP) is 3.28. The summed E-state index contributed by atoms with van der Waals surface area (Å²) in [5.41, 5.74) is -0.541. The summed E-state index contributed by atoms with van der Waals surface area (Å²) in [4.78, 5) is 3.44. The summed E-state index contributed by atoms with van der Waals surface area (Å²) < 4.78 is 24.6. The molecule has 74 valence electrons. The van der Waals surface area contributed by atoms with Crippen LogP contribution >= 0.6 is 23.2 Å². The first-order chi connectivity index (χ1) is 6.61. The molecular weight excluding hydrogens is 233 g/mol. The van der Waals surface area contributed by atoms with Gasteiger partial charge in [-0.05, 0) is 0 Å². The molecule has 0 aliphatic heterocycles. The van der Waals surface area contributed by atoms with E-state index >= 15 is 0 Å². The number of aromatic nitrogens is 1. The summed E-state index contributed by atoms with van der Waals surface area (Å²) in [6.07, 6.45) is -1.66. The maximum atomic E-state index is 12.3. The zero-order valence-corrected chi connectivity index (χ0v) is 8.28. The zero-order chi connectivity index (χ0) is 10.7. The van der Waals surface area contributed by atoms with Crippen molar-refractivity contribution in [1.29, 1.82) is 5.26 Å². The highest BCUT2D eigenvalue weighted by atomic mass is 35.5. The van der Waals surface area contributed by atoms with Crippen molar-refractivity contribution in [3.63, 3.8) is 0 Å². The third-order valence-electron chi connectivity index (χ3n) is 1.58. The molecule has 6 heteroatoms. The molecule has 0 atom stereocenters. The van der Waals surface area contributed by atoms with Gasteiger partial charge in [0.2, 0.25) is 0 Å². The fraction of sp³-hybridized carbons (Fsp3) is 0.250.